The van der Waals surface area contributed by atoms with Crippen LogP contribution in [0.3, 0.4) is 0 Å². The number of carboxylic acid groups (broad SMARTS) is 1. The molecule has 152 valence electrons. The number of carboxylic acids is 1. The number of hydrogen-bond donors (Lipinski definition) is 3. The molecule has 9 heteroatoms. The van der Waals surface area contributed by atoms with Gasteiger partial charge in [0.15, 0.2) is 5.82 Å². The molecule has 3 aromatic rings. The fourth-order valence-electron chi connectivity index (χ4n) is 3.10. The summed E-state index contributed by atoms with van der Waals surface area (Å²) in [6.45, 7) is 3.50. The summed E-state index contributed by atoms with van der Waals surface area (Å²) >= 11 is 5.78. The highest BCUT2D eigenvalue weighted by Gasteiger charge is 2.21. The number of aromatic nitrogens is 2. The molecule has 0 fully saturated rings. The van der Waals surface area contributed by atoms with Crippen LogP contribution in [0, 0.1) is 11.7 Å². The number of aromatic carboxylic acids is 1. The van der Waals surface area contributed by atoms with Gasteiger partial charge in [0, 0.05) is 6.20 Å². The second-order valence-corrected chi connectivity index (χ2v) is 7.30. The van der Waals surface area contributed by atoms with Gasteiger partial charge in [-0.2, -0.15) is 0 Å². The van der Waals surface area contributed by atoms with Crippen molar-refractivity contribution in [1.82, 2.24) is 9.55 Å². The Morgan fingerprint density at radius 3 is 2.72 bits per heavy atom. The Kier molecular flexibility index (Phi) is 5.86. The van der Waals surface area contributed by atoms with Gasteiger partial charge in [-0.05, 0) is 24.1 Å². The van der Waals surface area contributed by atoms with E-state index in [4.69, 9.17) is 11.6 Å². The molecule has 0 aliphatic carbocycles. The maximum atomic E-state index is 14.2. The predicted octanol–water partition coefficient (Wildman–Crippen LogP) is 3.82. The first kappa shape index (κ1) is 20.8. The molecular weight excluding hydrogens is 401 g/mol. The SMILES string of the molecule is CC(C)[C@@H](CO)n1cc(C(=O)O)c(=O)c2cc(Nc3cccc(Cl)c3F)ncc21. The number of fused-ring (bicyclic) bond motifs is 1. The highest BCUT2D eigenvalue weighted by atomic mass is 35.5. The monoisotopic (exact) mass is 419 g/mol. The molecule has 3 N–H and O–H groups in total. The molecule has 0 saturated heterocycles. The fourth-order valence-corrected chi connectivity index (χ4v) is 3.28. The summed E-state index contributed by atoms with van der Waals surface area (Å²) in [5.41, 5.74) is -0.691. The number of carbonyl (C=O) groups is 1. The third kappa shape index (κ3) is 3.94. The van der Waals surface area contributed by atoms with Gasteiger partial charge in [0.05, 0.1) is 40.5 Å². The van der Waals surface area contributed by atoms with E-state index in [9.17, 15) is 24.2 Å². The van der Waals surface area contributed by atoms with Crippen molar-refractivity contribution in [2.45, 2.75) is 19.9 Å². The van der Waals surface area contributed by atoms with E-state index >= 15 is 0 Å². The smallest absolute Gasteiger partial charge is 0.341 e. The minimum absolute atomic E-state index is 0.0364. The van der Waals surface area contributed by atoms with Gasteiger partial charge in [0.2, 0.25) is 5.43 Å². The first-order chi connectivity index (χ1) is 13.7. The Hall–Kier alpha value is -2.97. The summed E-state index contributed by atoms with van der Waals surface area (Å²) in [5.74, 6) is -1.94. The van der Waals surface area contributed by atoms with Crippen molar-refractivity contribution in [1.29, 1.82) is 0 Å². The lowest BCUT2D eigenvalue weighted by atomic mass is 10.0. The molecule has 0 unspecified atom stereocenters. The minimum atomic E-state index is -1.38. The normalized spacial score (nSPS) is 12.3. The molecule has 2 heterocycles. The highest BCUT2D eigenvalue weighted by molar-refractivity contribution is 6.31. The highest BCUT2D eigenvalue weighted by Crippen LogP contribution is 2.27. The van der Waals surface area contributed by atoms with Gasteiger partial charge >= 0.3 is 5.97 Å². The van der Waals surface area contributed by atoms with Crippen molar-refractivity contribution in [3.8, 4) is 0 Å². The second-order valence-electron chi connectivity index (χ2n) is 6.89. The van der Waals surface area contributed by atoms with Crippen molar-refractivity contribution in [3.63, 3.8) is 0 Å². The Balaban J connectivity index is 2.21. The van der Waals surface area contributed by atoms with E-state index in [1.54, 1.807) is 10.6 Å². The van der Waals surface area contributed by atoms with Crippen LogP contribution in [0.2, 0.25) is 5.02 Å². The number of benzene rings is 1. The van der Waals surface area contributed by atoms with E-state index in [-0.39, 0.29) is 34.4 Å². The first-order valence-corrected chi connectivity index (χ1v) is 9.22. The lowest BCUT2D eigenvalue weighted by Gasteiger charge is -2.24. The number of hydrogen-bond acceptors (Lipinski definition) is 5. The molecule has 0 bridgehead atoms. The van der Waals surface area contributed by atoms with Crippen LogP contribution >= 0.6 is 11.6 Å². The molecule has 1 aromatic carbocycles. The second kappa shape index (κ2) is 8.18. The van der Waals surface area contributed by atoms with E-state index in [1.165, 1.54) is 30.6 Å². The number of nitrogens with one attached hydrogen (secondary N) is 1. The molecule has 0 saturated carbocycles. The summed E-state index contributed by atoms with van der Waals surface area (Å²) < 4.78 is 15.7. The summed E-state index contributed by atoms with van der Waals surface area (Å²) in [7, 11) is 0. The fraction of sp³-hybridized carbons (Fsp3) is 0.250. The maximum absolute atomic E-state index is 14.2. The number of pyridine rings is 2. The van der Waals surface area contributed by atoms with Gasteiger partial charge in [0.25, 0.3) is 0 Å². The molecule has 2 aromatic heterocycles. The lowest BCUT2D eigenvalue weighted by Crippen LogP contribution is -2.25. The predicted molar refractivity (Wildman–Crippen MR) is 109 cm³/mol. The maximum Gasteiger partial charge on any atom is 0.341 e. The van der Waals surface area contributed by atoms with Gasteiger partial charge in [-0.1, -0.05) is 31.5 Å². The Morgan fingerprint density at radius 2 is 2.10 bits per heavy atom. The van der Waals surface area contributed by atoms with Crippen LogP contribution in [-0.4, -0.2) is 32.3 Å². The van der Waals surface area contributed by atoms with Gasteiger partial charge < -0.3 is 20.1 Å². The Morgan fingerprint density at radius 1 is 1.38 bits per heavy atom. The van der Waals surface area contributed by atoms with Gasteiger partial charge in [-0.15, -0.1) is 0 Å². The van der Waals surface area contributed by atoms with E-state index < -0.39 is 28.8 Å². The molecule has 0 aliphatic heterocycles. The van der Waals surface area contributed by atoms with Crippen molar-refractivity contribution in [3.05, 3.63) is 63.3 Å². The van der Waals surface area contributed by atoms with Gasteiger partial charge in [-0.25, -0.2) is 14.2 Å². The summed E-state index contributed by atoms with van der Waals surface area (Å²) in [5, 5.41) is 22.0. The zero-order chi connectivity index (χ0) is 21.3. The largest absolute Gasteiger partial charge is 0.477 e. The van der Waals surface area contributed by atoms with Crippen molar-refractivity contribution in [2.24, 2.45) is 5.92 Å². The summed E-state index contributed by atoms with van der Waals surface area (Å²) in [4.78, 5) is 28.5. The minimum Gasteiger partial charge on any atom is -0.477 e. The van der Waals surface area contributed by atoms with Crippen LogP contribution in [0.25, 0.3) is 10.9 Å². The lowest BCUT2D eigenvalue weighted by molar-refractivity contribution is 0.0694. The molecule has 0 amide bonds. The first-order valence-electron chi connectivity index (χ1n) is 8.84. The Bertz CT molecular complexity index is 1150. The van der Waals surface area contributed by atoms with Crippen LogP contribution < -0.4 is 10.7 Å². The molecule has 0 radical (unpaired) electrons. The number of anilines is 2. The van der Waals surface area contributed by atoms with Crippen molar-refractivity contribution >= 4 is 40.0 Å². The molecule has 29 heavy (non-hydrogen) atoms. The Labute approximate surface area is 170 Å². The molecule has 1 atom stereocenters. The quantitative estimate of drug-likeness (QED) is 0.561. The molecule has 0 aliphatic rings. The van der Waals surface area contributed by atoms with Crippen LogP contribution in [0.1, 0.15) is 30.2 Å². The summed E-state index contributed by atoms with van der Waals surface area (Å²) in [6, 6.07) is 5.31. The van der Waals surface area contributed by atoms with Crippen LogP contribution in [0.5, 0.6) is 0 Å². The van der Waals surface area contributed by atoms with Crippen LogP contribution in [-0.2, 0) is 0 Å². The van der Waals surface area contributed by atoms with E-state index in [2.05, 4.69) is 10.3 Å². The molecule has 7 nitrogen and oxygen atoms in total. The van der Waals surface area contributed by atoms with Gasteiger partial charge in [-0.3, -0.25) is 4.79 Å². The number of aliphatic hydroxyl groups is 1. The van der Waals surface area contributed by atoms with E-state index in [0.717, 1.165) is 0 Å². The number of aliphatic hydroxyl groups excluding tert-OH is 1. The molecular formula is C20H19ClFN3O4. The number of nitrogens with zero attached hydrogens (tertiary/aromatic N) is 2. The van der Waals surface area contributed by atoms with Crippen LogP contribution in [0.4, 0.5) is 15.9 Å². The van der Waals surface area contributed by atoms with Crippen LogP contribution in [0.15, 0.2) is 41.5 Å². The standard InChI is InChI=1S/C20H19ClFN3O4/c1-10(2)16(9-26)25-8-12(20(28)29)19(27)11-6-17(23-7-15(11)25)24-14-5-3-4-13(21)18(14)22/h3-8,10,16,26H,9H2,1-2H3,(H,23,24)(H,28,29)/t16-/m1/s1. The number of rotatable bonds is 6. The summed E-state index contributed by atoms with van der Waals surface area (Å²) in [6.07, 6.45) is 2.61. The van der Waals surface area contributed by atoms with Crippen molar-refractivity contribution in [2.75, 3.05) is 11.9 Å². The average Bonchev–Trinajstić information content (AvgIpc) is 2.67. The van der Waals surface area contributed by atoms with Gasteiger partial charge in [0.1, 0.15) is 11.4 Å². The molecule has 0 spiro atoms. The zero-order valence-electron chi connectivity index (χ0n) is 15.7. The molecule has 3 rings (SSSR count). The topological polar surface area (TPSA) is 104 Å². The third-order valence-corrected chi connectivity index (χ3v) is 4.97. The average molecular weight is 420 g/mol. The zero-order valence-corrected chi connectivity index (χ0v) is 16.4. The van der Waals surface area contributed by atoms with E-state index in [1.807, 2.05) is 13.8 Å². The van der Waals surface area contributed by atoms with E-state index in [0.29, 0.717) is 5.52 Å². The van der Waals surface area contributed by atoms with Crippen molar-refractivity contribution < 1.29 is 19.4 Å². The third-order valence-electron chi connectivity index (χ3n) is 4.68. The number of halogens is 2.